The van der Waals surface area contributed by atoms with Gasteiger partial charge < -0.3 is 25.1 Å². The van der Waals surface area contributed by atoms with Crippen molar-refractivity contribution in [2.45, 2.75) is 32.5 Å². The summed E-state index contributed by atoms with van der Waals surface area (Å²) in [5.74, 6) is -5.55. The molecule has 1 saturated heterocycles. The molecule has 0 spiro atoms. The quantitative estimate of drug-likeness (QED) is 0.613. The first-order valence-corrected chi connectivity index (χ1v) is 11.0. The lowest BCUT2D eigenvalue weighted by Gasteiger charge is -2.35. The fourth-order valence-electron chi connectivity index (χ4n) is 4.38. The zero-order valence-electron chi connectivity index (χ0n) is 19.2. The number of amides is 4. The highest BCUT2D eigenvalue weighted by atomic mass is 19.2. The molecule has 1 aromatic heterocycles. The Hall–Kier alpha value is -3.61. The van der Waals surface area contributed by atoms with Crippen molar-refractivity contribution < 1.29 is 32.7 Å². The lowest BCUT2D eigenvalue weighted by Crippen LogP contribution is -2.47. The van der Waals surface area contributed by atoms with Gasteiger partial charge in [-0.15, -0.1) is 0 Å². The lowest BCUT2D eigenvalue weighted by atomic mass is 10.1. The largest absolute Gasteiger partial charge is 0.395 e. The first kappa shape index (κ1) is 24.5. The van der Waals surface area contributed by atoms with Crippen molar-refractivity contribution in [3.8, 4) is 0 Å². The van der Waals surface area contributed by atoms with E-state index in [4.69, 9.17) is 5.11 Å². The van der Waals surface area contributed by atoms with Crippen LogP contribution >= 0.6 is 0 Å². The van der Waals surface area contributed by atoms with Gasteiger partial charge in [-0.1, -0.05) is 0 Å². The van der Waals surface area contributed by atoms with E-state index in [0.29, 0.717) is 30.1 Å². The minimum atomic E-state index is -1.63. The van der Waals surface area contributed by atoms with E-state index < -0.39 is 29.4 Å². The first-order valence-electron chi connectivity index (χ1n) is 11.0. The van der Waals surface area contributed by atoms with Gasteiger partial charge >= 0.3 is 6.03 Å². The average molecular weight is 494 g/mol. The molecule has 10 nitrogen and oxygen atoms in total. The summed E-state index contributed by atoms with van der Waals surface area (Å²) in [6.45, 7) is 2.23. The molecule has 4 rings (SSSR count). The number of likely N-dealkylation sites (N-methyl/N-ethyl adjacent to an activating group) is 1. The van der Waals surface area contributed by atoms with Gasteiger partial charge in [0.2, 0.25) is 11.8 Å². The molecule has 0 saturated carbocycles. The normalized spacial score (nSPS) is 19.7. The number of nitrogens with one attached hydrogen (secondary N) is 1. The van der Waals surface area contributed by atoms with E-state index in [1.165, 1.54) is 20.9 Å². The van der Waals surface area contributed by atoms with E-state index >= 15 is 0 Å². The number of rotatable bonds is 5. The molecule has 2 aromatic rings. The number of halogens is 3. The van der Waals surface area contributed by atoms with Crippen LogP contribution in [0.2, 0.25) is 0 Å². The maximum absolute atomic E-state index is 13.5. The molecule has 2 aliphatic heterocycles. The van der Waals surface area contributed by atoms with Gasteiger partial charge in [0, 0.05) is 44.4 Å². The van der Waals surface area contributed by atoms with Gasteiger partial charge in [-0.3, -0.25) is 14.3 Å². The van der Waals surface area contributed by atoms with Crippen molar-refractivity contribution >= 4 is 29.2 Å². The highest BCUT2D eigenvalue weighted by Gasteiger charge is 2.39. The molecule has 35 heavy (non-hydrogen) atoms. The van der Waals surface area contributed by atoms with Crippen LogP contribution in [0.25, 0.3) is 0 Å². The molecule has 2 N–H and O–H groups in total. The molecule has 13 heteroatoms. The van der Waals surface area contributed by atoms with E-state index in [-0.39, 0.29) is 56.2 Å². The molecule has 0 radical (unpaired) electrons. The molecular formula is C22H25F3N6O4. The van der Waals surface area contributed by atoms with E-state index in [2.05, 4.69) is 10.4 Å². The Bertz CT molecular complexity index is 1150. The monoisotopic (exact) mass is 494 g/mol. The van der Waals surface area contributed by atoms with Gasteiger partial charge in [0.1, 0.15) is 0 Å². The zero-order chi connectivity index (χ0) is 25.4. The Morgan fingerprint density at radius 1 is 1.23 bits per heavy atom. The first-order chi connectivity index (χ1) is 16.6. The van der Waals surface area contributed by atoms with Gasteiger partial charge in [-0.25, -0.2) is 18.0 Å². The molecule has 4 amide bonds. The summed E-state index contributed by atoms with van der Waals surface area (Å²) in [6.07, 6.45) is 1.53. The van der Waals surface area contributed by atoms with Gasteiger partial charge in [-0.2, -0.15) is 5.10 Å². The predicted molar refractivity (Wildman–Crippen MR) is 118 cm³/mol. The van der Waals surface area contributed by atoms with E-state index in [0.717, 1.165) is 0 Å². The predicted octanol–water partition coefficient (Wildman–Crippen LogP) is 1.54. The highest BCUT2D eigenvalue weighted by molar-refractivity contribution is 6.00. The highest BCUT2D eigenvalue weighted by Crippen LogP contribution is 2.32. The van der Waals surface area contributed by atoms with Crippen LogP contribution in [-0.4, -0.2) is 75.3 Å². The van der Waals surface area contributed by atoms with E-state index in [1.54, 1.807) is 18.7 Å². The Morgan fingerprint density at radius 3 is 2.57 bits per heavy atom. The number of hydrogen-bond donors (Lipinski definition) is 2. The number of carbonyl (C=O) groups excluding carboxylic acids is 3. The van der Waals surface area contributed by atoms with Crippen molar-refractivity contribution in [3.05, 3.63) is 41.5 Å². The molecule has 3 heterocycles. The van der Waals surface area contributed by atoms with Crippen LogP contribution in [0.1, 0.15) is 19.0 Å². The number of anilines is 2. The van der Waals surface area contributed by atoms with Crippen LogP contribution < -0.4 is 10.2 Å². The van der Waals surface area contributed by atoms with Gasteiger partial charge in [0.25, 0.3) is 0 Å². The fraction of sp³-hybridized carbons (Fsp3) is 0.455. The minimum absolute atomic E-state index is 0.0154. The summed E-state index contributed by atoms with van der Waals surface area (Å²) in [5, 5.41) is 15.8. The number of aliphatic hydroxyl groups is 1. The lowest BCUT2D eigenvalue weighted by molar-refractivity contribution is -0.134. The van der Waals surface area contributed by atoms with Crippen molar-refractivity contribution in [2.75, 3.05) is 37.0 Å². The number of urea groups is 1. The van der Waals surface area contributed by atoms with Crippen LogP contribution in [0.4, 0.5) is 29.3 Å². The molecule has 1 aromatic carbocycles. The Labute approximate surface area is 198 Å². The second-order valence-corrected chi connectivity index (χ2v) is 8.71. The smallest absolute Gasteiger partial charge is 0.322 e. The number of fused-ring (bicyclic) bond motifs is 1. The number of nitrogens with zero attached hydrogens (tertiary/aromatic N) is 5. The number of hydrogen-bond acceptors (Lipinski definition) is 5. The molecular weight excluding hydrogens is 469 g/mol. The van der Waals surface area contributed by atoms with Crippen molar-refractivity contribution in [3.63, 3.8) is 0 Å². The number of benzene rings is 1. The number of carbonyl (C=O) groups is 3. The van der Waals surface area contributed by atoms with Crippen molar-refractivity contribution in [2.24, 2.45) is 5.92 Å². The van der Waals surface area contributed by atoms with Crippen LogP contribution in [0, 0.1) is 23.4 Å². The van der Waals surface area contributed by atoms with Crippen molar-refractivity contribution in [1.29, 1.82) is 0 Å². The molecule has 0 aliphatic carbocycles. The summed E-state index contributed by atoms with van der Waals surface area (Å²) in [6, 6.07) is 0.372. The maximum atomic E-state index is 13.5. The standard InChI is InChI=1S/C22H25F3N6O4/c1-12-9-31-18(11-29(12)22(35)27-14-6-15(23)20(25)16(24)7-14)17(8-26-31)30-10-13(5-19(30)33)21(34)28(2)3-4-32/h6-8,12-13,32H,3-5,9-11H2,1-2H3,(H,27,35)/t12-,13?/m0/s1. The molecule has 0 bridgehead atoms. The van der Waals surface area contributed by atoms with Crippen LogP contribution in [0.15, 0.2) is 18.3 Å². The van der Waals surface area contributed by atoms with E-state index in [1.807, 2.05) is 0 Å². The van der Waals surface area contributed by atoms with Gasteiger partial charge in [0.05, 0.1) is 49.2 Å². The molecule has 188 valence electrons. The Kier molecular flexibility index (Phi) is 6.70. The van der Waals surface area contributed by atoms with Gasteiger partial charge in [-0.05, 0) is 6.92 Å². The summed E-state index contributed by atoms with van der Waals surface area (Å²) in [5.41, 5.74) is 0.805. The molecule has 2 aliphatic rings. The van der Waals surface area contributed by atoms with Crippen LogP contribution in [0.5, 0.6) is 0 Å². The van der Waals surface area contributed by atoms with Crippen LogP contribution in [0.3, 0.4) is 0 Å². The van der Waals surface area contributed by atoms with E-state index in [9.17, 15) is 27.6 Å². The van der Waals surface area contributed by atoms with Crippen molar-refractivity contribution in [1.82, 2.24) is 19.6 Å². The second-order valence-electron chi connectivity index (χ2n) is 8.71. The Balaban J connectivity index is 1.51. The van der Waals surface area contributed by atoms with Crippen LogP contribution in [-0.2, 0) is 22.7 Å². The molecule has 1 fully saturated rings. The average Bonchev–Trinajstić information content (AvgIpc) is 3.38. The topological polar surface area (TPSA) is 111 Å². The zero-order valence-corrected chi connectivity index (χ0v) is 19.2. The maximum Gasteiger partial charge on any atom is 0.322 e. The van der Waals surface area contributed by atoms with Gasteiger partial charge in [0.15, 0.2) is 17.5 Å². The molecule has 1 unspecified atom stereocenters. The Morgan fingerprint density at radius 2 is 1.91 bits per heavy atom. The summed E-state index contributed by atoms with van der Waals surface area (Å²) < 4.78 is 42.0. The summed E-state index contributed by atoms with van der Waals surface area (Å²) in [7, 11) is 1.56. The fourth-order valence-corrected chi connectivity index (χ4v) is 4.38. The molecule has 2 atom stereocenters. The number of aliphatic hydroxyl groups excluding tert-OH is 1. The SMILES string of the molecule is C[C@H]1Cn2ncc(N3CC(C(=O)N(C)CCO)CC3=O)c2CN1C(=O)Nc1cc(F)c(F)c(F)c1. The summed E-state index contributed by atoms with van der Waals surface area (Å²) in [4.78, 5) is 42.5. The number of aromatic nitrogens is 2. The summed E-state index contributed by atoms with van der Waals surface area (Å²) >= 11 is 0. The minimum Gasteiger partial charge on any atom is -0.395 e. The second kappa shape index (κ2) is 9.56. The third-order valence-electron chi connectivity index (χ3n) is 6.29. The third-order valence-corrected chi connectivity index (χ3v) is 6.29. The third kappa shape index (κ3) is 4.67.